The normalized spacial score (nSPS) is 15.9. The van der Waals surface area contributed by atoms with Crippen molar-refractivity contribution in [3.63, 3.8) is 0 Å². The lowest BCUT2D eigenvalue weighted by atomic mass is 10.0. The Morgan fingerprint density at radius 1 is 0.674 bits per heavy atom. The number of halogens is 2. The van der Waals surface area contributed by atoms with Gasteiger partial charge in [-0.1, -0.05) is 85.2 Å². The van der Waals surface area contributed by atoms with Crippen molar-refractivity contribution in [2.75, 3.05) is 54.4 Å². The maximum Gasteiger partial charge on any atom is 0.267 e. The first-order valence-electron chi connectivity index (χ1n) is 27.7. The summed E-state index contributed by atoms with van der Waals surface area (Å²) in [4.78, 5) is 6.09. The van der Waals surface area contributed by atoms with Crippen molar-refractivity contribution in [1.82, 2.24) is 0 Å². The van der Waals surface area contributed by atoms with Gasteiger partial charge in [0.2, 0.25) is 5.88 Å². The predicted octanol–water partition coefficient (Wildman–Crippen LogP) is 12.1. The van der Waals surface area contributed by atoms with Gasteiger partial charge in [-0.25, -0.2) is 25.3 Å². The van der Waals surface area contributed by atoms with E-state index in [1.807, 2.05) is 116 Å². The van der Waals surface area contributed by atoms with Crippen LogP contribution >= 0.6 is 57.6 Å². The fourth-order valence-electron chi connectivity index (χ4n) is 10.0. The Hall–Kier alpha value is -5.53. The Labute approximate surface area is 540 Å². The van der Waals surface area contributed by atoms with E-state index in [9.17, 15) is 62.1 Å². The number of rotatable bonds is 25. The molecule has 89 heavy (non-hydrogen) atoms. The second-order valence-corrected chi connectivity index (χ2v) is 31.3. The summed E-state index contributed by atoms with van der Waals surface area (Å²) in [7, 11) is -14.8. The van der Waals surface area contributed by atoms with E-state index in [0.29, 0.717) is 68.7 Å². The molecule has 0 amide bonds. The number of aliphatic hydroxyl groups excluding tert-OH is 2. The summed E-state index contributed by atoms with van der Waals surface area (Å²) in [6.07, 6.45) is 6.62. The summed E-state index contributed by atoms with van der Waals surface area (Å²) in [5.74, 6) is -0.106. The van der Waals surface area contributed by atoms with E-state index in [1.54, 1.807) is 43.4 Å². The molecule has 2 aliphatic heterocycles. The average molecular weight is 1390 g/mol. The monoisotopic (exact) mass is 1390 g/mol. The SMILES string of the molecule is CCC(=Cc1sc2cc(OC)c(OC)cc2c1CCCS(=O)(=O)[O-])/C=C1\Oc2ccc(-c3ccccc3)cc2N1CCC(C)S(=O)(=O)O.CCC(=Cc1sc2ccc(Cl)cc2c1CC(O)CS(=O)(=O)[O-])/C=C1\Sc2ccc(Cl)cc2N1CC(O)CS(=O)(=O)[O-]. The number of hydrogen-bond acceptors (Lipinski definition) is 21. The van der Waals surface area contributed by atoms with Crippen LogP contribution in [0.1, 0.15) is 67.3 Å². The van der Waals surface area contributed by atoms with Gasteiger partial charge in [-0.05, 0) is 151 Å². The lowest BCUT2D eigenvalue weighted by Gasteiger charge is -2.24. The van der Waals surface area contributed by atoms with Crippen LogP contribution in [0.15, 0.2) is 136 Å². The molecule has 0 saturated carbocycles. The lowest BCUT2D eigenvalue weighted by molar-refractivity contribution is 0.195. The van der Waals surface area contributed by atoms with Gasteiger partial charge in [0, 0.05) is 70.3 Å². The number of β-amino-alcohol motifs (C(OH)–C–C–N with tert-alkyl or cyclic N) is 1. The molecule has 2 aromatic heterocycles. The van der Waals surface area contributed by atoms with Gasteiger partial charge in [-0.3, -0.25) is 4.55 Å². The van der Waals surface area contributed by atoms with Crippen LogP contribution in [0.3, 0.4) is 0 Å². The largest absolute Gasteiger partial charge is 0.748 e. The molecule has 28 heteroatoms. The number of ether oxygens (including phenoxy) is 3. The molecule has 478 valence electrons. The summed E-state index contributed by atoms with van der Waals surface area (Å²) >= 11 is 16.8. The van der Waals surface area contributed by atoms with E-state index < -0.39 is 75.2 Å². The van der Waals surface area contributed by atoms with E-state index in [0.717, 1.165) is 68.3 Å². The van der Waals surface area contributed by atoms with Crippen LogP contribution in [-0.2, 0) is 53.3 Å². The highest BCUT2D eigenvalue weighted by Crippen LogP contribution is 2.49. The first-order valence-corrected chi connectivity index (χ1v) is 37.1. The van der Waals surface area contributed by atoms with E-state index >= 15 is 0 Å². The highest BCUT2D eigenvalue weighted by atomic mass is 35.5. The van der Waals surface area contributed by atoms with Crippen molar-refractivity contribution in [2.45, 2.75) is 81.6 Å². The van der Waals surface area contributed by atoms with Crippen LogP contribution in [0.25, 0.3) is 43.5 Å². The van der Waals surface area contributed by atoms with Gasteiger partial charge < -0.3 is 47.9 Å². The Morgan fingerprint density at radius 3 is 1.92 bits per heavy atom. The van der Waals surface area contributed by atoms with Gasteiger partial charge in [0.15, 0.2) is 17.2 Å². The zero-order valence-electron chi connectivity index (χ0n) is 48.6. The quantitative estimate of drug-likeness (QED) is 0.0448. The zero-order chi connectivity index (χ0) is 64.8. The van der Waals surface area contributed by atoms with E-state index in [-0.39, 0.29) is 32.4 Å². The number of aliphatic hydroxyl groups is 2. The topological polar surface area (TPSA) is 301 Å². The van der Waals surface area contributed by atoms with Crippen molar-refractivity contribution in [3.8, 4) is 28.4 Å². The summed E-state index contributed by atoms with van der Waals surface area (Å²) in [6.45, 7) is 5.52. The number of benzene rings is 5. The molecule has 0 bridgehead atoms. The Bertz CT molecular complexity index is 4360. The number of hydrogen-bond donors (Lipinski definition) is 3. The molecule has 9 rings (SSSR count). The third-order valence-electron chi connectivity index (χ3n) is 14.4. The number of aryl methyl sites for hydroxylation is 1. The Balaban J connectivity index is 0.000000233. The standard InChI is InChI=1S/C35H39NO9S3.C26H27Cl2NO8S4/c1-5-24(18-33-27(12-9-17-47(37,38)39)28-21-31(43-3)32(44-4)22-34(28)46-33)19-35-36(16-15-23(2)48(40,41)42)29-20-26(13-14-30(29)45-35)25-10-7-6-8-11-25;1-2-15(7-25-21(11-18(30)13-40(32,33)34)20-9-16(27)3-5-23(20)38-25)8-26-29(12-19(31)14-41(35,36)37)22-10-17(28)4-6-24(22)39-26/h6-8,10-11,13-14,18-23H,5,9,12,15-17H2,1-4H3,(H,37,38,39)(H,40,41,42);3-10,18-19,30-31H,2,11-14H2,1H3,(H,32,33,34)(H,35,36,37)/p-3/b24-18?,35-19-;15-7?,26-8-. The summed E-state index contributed by atoms with van der Waals surface area (Å²) < 4.78 is 154. The summed E-state index contributed by atoms with van der Waals surface area (Å²) in [5.41, 5.74) is 6.70. The lowest BCUT2D eigenvalue weighted by Crippen LogP contribution is -2.34. The van der Waals surface area contributed by atoms with Gasteiger partial charge in [-0.2, -0.15) is 8.42 Å². The van der Waals surface area contributed by atoms with Crippen molar-refractivity contribution >= 4 is 142 Å². The van der Waals surface area contributed by atoms with E-state index in [4.69, 9.17) is 37.4 Å². The molecule has 7 aromatic rings. The number of allylic oxidation sites excluding steroid dienone is 4. The van der Waals surface area contributed by atoms with Crippen LogP contribution in [0, 0.1) is 0 Å². The molecule has 0 saturated heterocycles. The highest BCUT2D eigenvalue weighted by molar-refractivity contribution is 8.03. The van der Waals surface area contributed by atoms with Crippen LogP contribution in [-0.4, -0.2) is 124 Å². The molecule has 3 unspecified atom stereocenters. The van der Waals surface area contributed by atoms with Gasteiger partial charge in [0.05, 0.1) is 96.5 Å². The second kappa shape index (κ2) is 29.4. The number of fused-ring (bicyclic) bond motifs is 4. The third-order valence-corrected chi connectivity index (χ3v) is 21.9. The van der Waals surface area contributed by atoms with Gasteiger partial charge in [0.1, 0.15) is 0 Å². The van der Waals surface area contributed by atoms with Gasteiger partial charge in [-0.15, -0.1) is 22.7 Å². The number of thiophene rings is 2. The minimum absolute atomic E-state index is 0.0815. The fraction of sp³-hybridized carbons (Fsp3) is 0.311. The van der Waals surface area contributed by atoms with Crippen molar-refractivity contribution < 1.29 is 76.3 Å². The zero-order valence-corrected chi connectivity index (χ0v) is 55.8. The molecule has 3 atom stereocenters. The first-order chi connectivity index (χ1) is 41.9. The number of anilines is 2. The smallest absolute Gasteiger partial charge is 0.267 e. The summed E-state index contributed by atoms with van der Waals surface area (Å²) in [5, 5.41) is 23.0. The van der Waals surface area contributed by atoms with Crippen LogP contribution in [0.5, 0.6) is 17.2 Å². The maximum atomic E-state index is 11.9. The van der Waals surface area contributed by atoms with Crippen molar-refractivity contribution in [1.29, 1.82) is 0 Å². The van der Waals surface area contributed by atoms with E-state index in [2.05, 4.69) is 0 Å². The second-order valence-electron chi connectivity index (χ2n) is 20.9. The van der Waals surface area contributed by atoms with Gasteiger partial charge >= 0.3 is 0 Å². The van der Waals surface area contributed by atoms with Crippen molar-refractivity contribution in [2.24, 2.45) is 0 Å². The first kappa shape index (κ1) is 69.4. The van der Waals surface area contributed by atoms with Crippen LogP contribution < -0.4 is 24.0 Å². The Morgan fingerprint density at radius 2 is 1.28 bits per heavy atom. The molecule has 5 aromatic carbocycles. The minimum Gasteiger partial charge on any atom is -0.748 e. The molecular formula is C61H63Cl2N2O17S7-3. The average Bonchev–Trinajstić information content (AvgIpc) is 1.74. The molecular weight excluding hydrogens is 1330 g/mol. The highest BCUT2D eigenvalue weighted by Gasteiger charge is 2.31. The predicted molar refractivity (Wildman–Crippen MR) is 352 cm³/mol. The number of methoxy groups -OCH3 is 2. The third kappa shape index (κ3) is 18.6. The van der Waals surface area contributed by atoms with Crippen LogP contribution in [0.4, 0.5) is 11.4 Å². The van der Waals surface area contributed by atoms with Crippen LogP contribution in [0.2, 0.25) is 10.0 Å². The molecule has 4 heterocycles. The molecule has 2 aliphatic rings. The summed E-state index contributed by atoms with van der Waals surface area (Å²) in [6, 6.07) is 30.0. The molecule has 0 aliphatic carbocycles. The molecule has 3 N–H and O–H groups in total. The van der Waals surface area contributed by atoms with Gasteiger partial charge in [0.25, 0.3) is 10.1 Å². The van der Waals surface area contributed by atoms with E-state index in [1.165, 1.54) is 41.4 Å². The molecule has 0 spiro atoms. The molecule has 0 radical (unpaired) electrons. The fourth-order valence-corrected chi connectivity index (χ4v) is 16.0. The van der Waals surface area contributed by atoms with Crippen molar-refractivity contribution in [3.05, 3.63) is 162 Å². The molecule has 0 fully saturated rings. The number of nitrogens with zero attached hydrogens (tertiary/aromatic N) is 2. The minimum atomic E-state index is -4.65. The molecule has 19 nitrogen and oxygen atoms in total. The Kier molecular flexibility index (Phi) is 22.9. The maximum absolute atomic E-state index is 11.9. The number of thioether (sulfide) groups is 1.